The Morgan fingerprint density at radius 1 is 1.47 bits per heavy atom. The Labute approximate surface area is 107 Å². The van der Waals surface area contributed by atoms with Gasteiger partial charge in [-0.25, -0.2) is 9.97 Å². The van der Waals surface area contributed by atoms with Crippen LogP contribution in [0.15, 0.2) is 17.4 Å². The van der Waals surface area contributed by atoms with Gasteiger partial charge in [0.15, 0.2) is 5.16 Å². The van der Waals surface area contributed by atoms with Crippen LogP contribution < -0.4 is 5.32 Å². The first kappa shape index (κ1) is 12.6. The highest BCUT2D eigenvalue weighted by atomic mass is 32.2. The lowest BCUT2D eigenvalue weighted by molar-refractivity contribution is 0.0669. The van der Waals surface area contributed by atoms with Crippen molar-refractivity contribution in [2.45, 2.75) is 43.0 Å². The molecule has 0 unspecified atom stereocenters. The highest BCUT2D eigenvalue weighted by Crippen LogP contribution is 2.23. The summed E-state index contributed by atoms with van der Waals surface area (Å²) < 4.78 is 5.43. The van der Waals surface area contributed by atoms with Crippen LogP contribution in [0.1, 0.15) is 25.7 Å². The predicted molar refractivity (Wildman–Crippen MR) is 70.5 cm³/mol. The third kappa shape index (κ3) is 3.57. The zero-order chi connectivity index (χ0) is 12.1. The zero-order valence-electron chi connectivity index (χ0n) is 10.3. The summed E-state index contributed by atoms with van der Waals surface area (Å²) in [5.41, 5.74) is 0. The molecule has 0 spiro atoms. The quantitative estimate of drug-likeness (QED) is 0.660. The maximum Gasteiger partial charge on any atom is 0.189 e. The Hall–Kier alpha value is -0.810. The Kier molecular flexibility index (Phi) is 4.62. The van der Waals surface area contributed by atoms with E-state index in [1.165, 1.54) is 19.3 Å². The fourth-order valence-corrected chi connectivity index (χ4v) is 2.57. The Morgan fingerprint density at radius 2 is 2.35 bits per heavy atom. The van der Waals surface area contributed by atoms with Gasteiger partial charge < -0.3 is 10.1 Å². The summed E-state index contributed by atoms with van der Waals surface area (Å²) in [5, 5.41) is 4.29. The molecule has 1 aromatic rings. The van der Waals surface area contributed by atoms with Crippen molar-refractivity contribution in [3.05, 3.63) is 12.3 Å². The number of anilines is 1. The standard InChI is InChI=1S/C12H19N3OS/c1-16-10-5-3-4-9(8-10)14-11-6-7-13-12(15-11)17-2/h6-7,9-10H,3-5,8H2,1-2H3,(H,13,14,15)/t9-,10+/m1/s1. The van der Waals surface area contributed by atoms with Gasteiger partial charge in [0.05, 0.1) is 6.10 Å². The third-order valence-corrected chi connectivity index (χ3v) is 3.69. The minimum Gasteiger partial charge on any atom is -0.381 e. The smallest absolute Gasteiger partial charge is 0.189 e. The molecule has 0 saturated heterocycles. The fraction of sp³-hybridized carbons (Fsp3) is 0.667. The monoisotopic (exact) mass is 253 g/mol. The summed E-state index contributed by atoms with van der Waals surface area (Å²) in [7, 11) is 1.80. The van der Waals surface area contributed by atoms with Crippen LogP contribution in [0.4, 0.5) is 5.82 Å². The number of methoxy groups -OCH3 is 1. The number of hydrogen-bond acceptors (Lipinski definition) is 5. The summed E-state index contributed by atoms with van der Waals surface area (Å²) in [6.45, 7) is 0. The molecule has 4 nitrogen and oxygen atoms in total. The van der Waals surface area contributed by atoms with Crippen LogP contribution in [0.25, 0.3) is 0 Å². The van der Waals surface area contributed by atoms with Gasteiger partial charge in [-0.3, -0.25) is 0 Å². The second-order valence-corrected chi connectivity index (χ2v) is 5.07. The minimum absolute atomic E-state index is 0.392. The number of thioether (sulfide) groups is 1. The number of nitrogens with zero attached hydrogens (tertiary/aromatic N) is 2. The molecule has 0 aromatic carbocycles. The van der Waals surface area contributed by atoms with Crippen molar-refractivity contribution in [3.8, 4) is 0 Å². The zero-order valence-corrected chi connectivity index (χ0v) is 11.2. The number of hydrogen-bond donors (Lipinski definition) is 1. The van der Waals surface area contributed by atoms with Crippen molar-refractivity contribution in [3.63, 3.8) is 0 Å². The SMILES string of the molecule is CO[C@H]1CCC[C@@H](Nc2ccnc(SC)n2)C1. The molecule has 1 heterocycles. The predicted octanol–water partition coefficient (Wildman–Crippen LogP) is 2.57. The topological polar surface area (TPSA) is 47.0 Å². The lowest BCUT2D eigenvalue weighted by atomic mass is 9.93. The highest BCUT2D eigenvalue weighted by Gasteiger charge is 2.21. The van der Waals surface area contributed by atoms with Gasteiger partial charge in [-0.2, -0.15) is 0 Å². The molecule has 5 heteroatoms. The van der Waals surface area contributed by atoms with E-state index in [-0.39, 0.29) is 0 Å². The summed E-state index contributed by atoms with van der Waals surface area (Å²) in [5.74, 6) is 0.922. The second-order valence-electron chi connectivity index (χ2n) is 4.29. The van der Waals surface area contributed by atoms with Crippen LogP contribution in [0.3, 0.4) is 0 Å². The van der Waals surface area contributed by atoms with Gasteiger partial charge in [0.2, 0.25) is 0 Å². The van der Waals surface area contributed by atoms with Gasteiger partial charge in [0, 0.05) is 19.3 Å². The molecule has 0 amide bonds. The van der Waals surface area contributed by atoms with E-state index in [9.17, 15) is 0 Å². The number of aromatic nitrogens is 2. The molecule has 17 heavy (non-hydrogen) atoms. The first-order valence-corrected chi connectivity index (χ1v) is 7.20. The van der Waals surface area contributed by atoms with Crippen molar-refractivity contribution >= 4 is 17.6 Å². The van der Waals surface area contributed by atoms with Gasteiger partial charge in [-0.1, -0.05) is 11.8 Å². The van der Waals surface area contributed by atoms with E-state index in [2.05, 4.69) is 15.3 Å². The second kappa shape index (κ2) is 6.21. The maximum atomic E-state index is 5.43. The minimum atomic E-state index is 0.392. The molecule has 2 atom stereocenters. The van der Waals surface area contributed by atoms with E-state index >= 15 is 0 Å². The van der Waals surface area contributed by atoms with Gasteiger partial charge in [0.1, 0.15) is 5.82 Å². The van der Waals surface area contributed by atoms with Crippen LogP contribution in [0.2, 0.25) is 0 Å². The van der Waals surface area contributed by atoms with E-state index in [1.54, 1.807) is 25.1 Å². The Morgan fingerprint density at radius 3 is 3.12 bits per heavy atom. The summed E-state index contributed by atoms with van der Waals surface area (Å²) in [6.07, 6.45) is 8.83. The third-order valence-electron chi connectivity index (χ3n) is 3.13. The largest absolute Gasteiger partial charge is 0.381 e. The van der Waals surface area contributed by atoms with Crippen molar-refractivity contribution < 1.29 is 4.74 Å². The number of nitrogens with one attached hydrogen (secondary N) is 1. The van der Waals surface area contributed by atoms with E-state index < -0.39 is 0 Å². The molecule has 2 rings (SSSR count). The molecule has 1 aliphatic carbocycles. The van der Waals surface area contributed by atoms with Crippen molar-refractivity contribution in [2.75, 3.05) is 18.7 Å². The van der Waals surface area contributed by atoms with Gasteiger partial charge in [-0.05, 0) is 38.0 Å². The fourth-order valence-electron chi connectivity index (χ4n) is 2.22. The van der Waals surface area contributed by atoms with Crippen LogP contribution in [-0.4, -0.2) is 35.5 Å². The van der Waals surface area contributed by atoms with E-state index in [4.69, 9.17) is 4.74 Å². The van der Waals surface area contributed by atoms with Crippen molar-refractivity contribution in [2.24, 2.45) is 0 Å². The Bertz CT molecular complexity index is 361. The average Bonchev–Trinajstić information content (AvgIpc) is 2.39. The molecular formula is C12H19N3OS. The highest BCUT2D eigenvalue weighted by molar-refractivity contribution is 7.98. The van der Waals surface area contributed by atoms with E-state index in [1.807, 2.05) is 12.3 Å². The molecule has 1 aromatic heterocycles. The molecular weight excluding hydrogens is 234 g/mol. The maximum absolute atomic E-state index is 5.43. The van der Waals surface area contributed by atoms with Crippen LogP contribution in [-0.2, 0) is 4.74 Å². The molecule has 1 N–H and O–H groups in total. The molecule has 0 aliphatic heterocycles. The molecule has 94 valence electrons. The Balaban J connectivity index is 1.95. The van der Waals surface area contributed by atoms with Crippen molar-refractivity contribution in [1.82, 2.24) is 9.97 Å². The molecule has 1 fully saturated rings. The van der Waals surface area contributed by atoms with Gasteiger partial charge in [0.25, 0.3) is 0 Å². The summed E-state index contributed by atoms with van der Waals surface area (Å²) in [4.78, 5) is 8.61. The first-order chi connectivity index (χ1) is 8.31. The summed E-state index contributed by atoms with van der Waals surface area (Å²) >= 11 is 1.56. The lowest BCUT2D eigenvalue weighted by Crippen LogP contribution is -2.31. The van der Waals surface area contributed by atoms with Crippen molar-refractivity contribution in [1.29, 1.82) is 0 Å². The first-order valence-electron chi connectivity index (χ1n) is 5.98. The molecule has 1 aliphatic rings. The van der Waals surface area contributed by atoms with Crippen LogP contribution in [0, 0.1) is 0 Å². The lowest BCUT2D eigenvalue weighted by Gasteiger charge is -2.29. The summed E-state index contributed by atoms with van der Waals surface area (Å²) in [6, 6.07) is 2.40. The normalized spacial score (nSPS) is 24.6. The van der Waals surface area contributed by atoms with Crippen LogP contribution >= 0.6 is 11.8 Å². The number of rotatable bonds is 4. The molecule has 0 radical (unpaired) electrons. The van der Waals surface area contributed by atoms with Crippen LogP contribution in [0.5, 0.6) is 0 Å². The number of ether oxygens (including phenoxy) is 1. The van der Waals surface area contributed by atoms with E-state index in [0.29, 0.717) is 12.1 Å². The van der Waals surface area contributed by atoms with Gasteiger partial charge in [-0.15, -0.1) is 0 Å². The molecule has 0 bridgehead atoms. The van der Waals surface area contributed by atoms with Gasteiger partial charge >= 0.3 is 0 Å². The molecule has 1 saturated carbocycles. The van der Waals surface area contributed by atoms with E-state index in [0.717, 1.165) is 17.4 Å². The average molecular weight is 253 g/mol.